The van der Waals surface area contributed by atoms with Crippen LogP contribution in [0.5, 0.6) is 11.5 Å². The van der Waals surface area contributed by atoms with Crippen LogP contribution in [0.3, 0.4) is 0 Å². The highest BCUT2D eigenvalue weighted by Gasteiger charge is 2.11. The molecule has 0 bridgehead atoms. The van der Waals surface area contributed by atoms with Crippen molar-refractivity contribution >= 4 is 35.0 Å². The van der Waals surface area contributed by atoms with Crippen LogP contribution in [0.25, 0.3) is 11.3 Å². The van der Waals surface area contributed by atoms with E-state index < -0.39 is 0 Å². The van der Waals surface area contributed by atoms with Gasteiger partial charge >= 0.3 is 0 Å². The number of ether oxygens (including phenoxy) is 2. The van der Waals surface area contributed by atoms with E-state index in [-0.39, 0.29) is 11.7 Å². The summed E-state index contributed by atoms with van der Waals surface area (Å²) in [5.74, 6) is 1.47. The molecule has 0 unspecified atom stereocenters. The largest absolute Gasteiger partial charge is 0.497 e. The van der Waals surface area contributed by atoms with Crippen molar-refractivity contribution in [1.29, 1.82) is 0 Å². The van der Waals surface area contributed by atoms with Crippen LogP contribution in [0.1, 0.15) is 0 Å². The number of nitrogens with one attached hydrogen (secondary N) is 1. The van der Waals surface area contributed by atoms with Crippen molar-refractivity contribution in [1.82, 2.24) is 10.2 Å². The molecule has 0 aliphatic heterocycles. The minimum Gasteiger partial charge on any atom is -0.497 e. The Balaban J connectivity index is 1.63. The molecule has 0 aliphatic rings. The molecular weight excluding hydrogens is 398 g/mol. The summed E-state index contributed by atoms with van der Waals surface area (Å²) in [6.07, 6.45) is 0. The molecule has 1 heterocycles. The number of aromatic nitrogens is 2. The summed E-state index contributed by atoms with van der Waals surface area (Å²) in [5.41, 5.74) is 2.14. The first-order valence-electron chi connectivity index (χ1n) is 8.33. The van der Waals surface area contributed by atoms with E-state index in [0.29, 0.717) is 32.9 Å². The van der Waals surface area contributed by atoms with Crippen LogP contribution in [-0.2, 0) is 4.79 Å². The van der Waals surface area contributed by atoms with Gasteiger partial charge < -0.3 is 14.8 Å². The van der Waals surface area contributed by atoms with Gasteiger partial charge in [-0.15, -0.1) is 10.2 Å². The van der Waals surface area contributed by atoms with Gasteiger partial charge in [0.25, 0.3) is 0 Å². The summed E-state index contributed by atoms with van der Waals surface area (Å²) < 4.78 is 10.6. The Morgan fingerprint density at radius 1 is 1.04 bits per heavy atom. The Bertz CT molecular complexity index is 950. The van der Waals surface area contributed by atoms with Gasteiger partial charge in [0.1, 0.15) is 16.5 Å². The molecule has 28 heavy (non-hydrogen) atoms. The van der Waals surface area contributed by atoms with Crippen molar-refractivity contribution in [3.8, 4) is 22.8 Å². The number of amides is 1. The van der Waals surface area contributed by atoms with Crippen LogP contribution in [0.4, 0.5) is 5.69 Å². The van der Waals surface area contributed by atoms with Crippen LogP contribution in [-0.4, -0.2) is 36.1 Å². The lowest BCUT2D eigenvalue weighted by atomic mass is 10.1. The second-order valence-electron chi connectivity index (χ2n) is 5.67. The Labute approximate surface area is 172 Å². The van der Waals surface area contributed by atoms with Crippen molar-refractivity contribution in [3.63, 3.8) is 0 Å². The lowest BCUT2D eigenvalue weighted by molar-refractivity contribution is -0.113. The van der Waals surface area contributed by atoms with Crippen molar-refractivity contribution in [3.05, 3.63) is 59.6 Å². The molecule has 0 atom stereocenters. The fourth-order valence-electron chi connectivity index (χ4n) is 2.42. The second-order valence-corrected chi connectivity index (χ2v) is 7.10. The van der Waals surface area contributed by atoms with Crippen molar-refractivity contribution in [2.24, 2.45) is 0 Å². The molecule has 0 saturated heterocycles. The number of thioether (sulfide) groups is 1. The molecule has 1 N–H and O–H groups in total. The first-order chi connectivity index (χ1) is 13.6. The number of carbonyl (C=O) groups excluding carboxylic acids is 1. The van der Waals surface area contributed by atoms with Crippen LogP contribution in [0.2, 0.25) is 5.02 Å². The third kappa shape index (κ3) is 5.15. The molecule has 0 spiro atoms. The molecule has 0 saturated carbocycles. The van der Waals surface area contributed by atoms with E-state index >= 15 is 0 Å². The predicted molar refractivity (Wildman–Crippen MR) is 111 cm³/mol. The monoisotopic (exact) mass is 415 g/mol. The highest BCUT2D eigenvalue weighted by molar-refractivity contribution is 7.99. The van der Waals surface area contributed by atoms with Gasteiger partial charge in [0, 0.05) is 16.3 Å². The van der Waals surface area contributed by atoms with Gasteiger partial charge in [-0.3, -0.25) is 4.79 Å². The number of carbonyl (C=O) groups is 1. The van der Waals surface area contributed by atoms with Gasteiger partial charge in [-0.25, -0.2) is 0 Å². The molecule has 0 fully saturated rings. The smallest absolute Gasteiger partial charge is 0.234 e. The molecule has 1 amide bonds. The fraction of sp³-hybridized carbons (Fsp3) is 0.150. The molecule has 8 heteroatoms. The minimum atomic E-state index is -0.132. The highest BCUT2D eigenvalue weighted by atomic mass is 35.5. The van der Waals surface area contributed by atoms with E-state index in [1.165, 1.54) is 11.8 Å². The first kappa shape index (κ1) is 20.0. The summed E-state index contributed by atoms with van der Waals surface area (Å²) in [6, 6.07) is 16.1. The normalized spacial score (nSPS) is 10.4. The molecule has 3 aromatic rings. The molecule has 3 rings (SSSR count). The zero-order valence-corrected chi connectivity index (χ0v) is 16.9. The Morgan fingerprint density at radius 3 is 2.46 bits per heavy atom. The summed E-state index contributed by atoms with van der Waals surface area (Å²) in [6.45, 7) is 0. The van der Waals surface area contributed by atoms with E-state index in [0.717, 1.165) is 5.56 Å². The number of anilines is 1. The van der Waals surface area contributed by atoms with Gasteiger partial charge in [0.15, 0.2) is 0 Å². The highest BCUT2D eigenvalue weighted by Crippen LogP contribution is 2.32. The van der Waals surface area contributed by atoms with Crippen molar-refractivity contribution < 1.29 is 14.3 Å². The summed E-state index contributed by atoms with van der Waals surface area (Å²) in [5, 5.41) is 12.5. The molecule has 0 radical (unpaired) electrons. The quantitative estimate of drug-likeness (QED) is 0.571. The van der Waals surface area contributed by atoms with Gasteiger partial charge in [-0.1, -0.05) is 23.4 Å². The summed E-state index contributed by atoms with van der Waals surface area (Å²) in [7, 11) is 3.20. The van der Waals surface area contributed by atoms with E-state index in [9.17, 15) is 4.79 Å². The first-order valence-corrected chi connectivity index (χ1v) is 9.70. The fourth-order valence-corrected chi connectivity index (χ4v) is 3.16. The number of rotatable bonds is 7. The zero-order valence-electron chi connectivity index (χ0n) is 15.3. The third-order valence-electron chi connectivity index (χ3n) is 3.80. The van der Waals surface area contributed by atoms with E-state index in [1.807, 2.05) is 30.3 Å². The molecular formula is C20H18ClN3O3S. The number of nitrogens with zero attached hydrogens (tertiary/aromatic N) is 2. The van der Waals surface area contributed by atoms with Gasteiger partial charge in [0.05, 0.1) is 25.7 Å². The van der Waals surface area contributed by atoms with Gasteiger partial charge in [0.2, 0.25) is 5.91 Å². The molecule has 144 valence electrons. The lowest BCUT2D eigenvalue weighted by Gasteiger charge is -2.10. The lowest BCUT2D eigenvalue weighted by Crippen LogP contribution is -2.14. The number of benzene rings is 2. The second kappa shape index (κ2) is 9.43. The average Bonchev–Trinajstić information content (AvgIpc) is 2.74. The topological polar surface area (TPSA) is 73.3 Å². The van der Waals surface area contributed by atoms with Crippen LogP contribution < -0.4 is 14.8 Å². The average molecular weight is 416 g/mol. The van der Waals surface area contributed by atoms with Gasteiger partial charge in [-0.05, 0) is 54.6 Å². The Hall–Kier alpha value is -2.77. The van der Waals surface area contributed by atoms with Crippen LogP contribution in [0, 0.1) is 0 Å². The molecule has 1 aromatic heterocycles. The number of halogens is 1. The molecule has 2 aromatic carbocycles. The van der Waals surface area contributed by atoms with E-state index in [1.54, 1.807) is 38.5 Å². The molecule has 0 aliphatic carbocycles. The summed E-state index contributed by atoms with van der Waals surface area (Å²) in [4.78, 5) is 12.1. The molecule has 6 nitrogen and oxygen atoms in total. The standard InChI is InChI=1S/C20H18ClN3O3S/c1-26-15-7-9-18(27-2)16(11-15)17-8-10-20(24-23-17)28-12-19(25)22-14-5-3-13(21)4-6-14/h3-11H,12H2,1-2H3,(H,22,25). The maximum atomic E-state index is 12.1. The SMILES string of the molecule is COc1ccc(OC)c(-c2ccc(SCC(=O)Nc3ccc(Cl)cc3)nn2)c1. The zero-order chi connectivity index (χ0) is 19.9. The van der Waals surface area contributed by atoms with E-state index in [2.05, 4.69) is 15.5 Å². The van der Waals surface area contributed by atoms with Crippen molar-refractivity contribution in [2.75, 3.05) is 25.3 Å². The maximum absolute atomic E-state index is 12.1. The van der Waals surface area contributed by atoms with Gasteiger partial charge in [-0.2, -0.15) is 0 Å². The van der Waals surface area contributed by atoms with Crippen LogP contribution >= 0.6 is 23.4 Å². The van der Waals surface area contributed by atoms with Crippen molar-refractivity contribution in [2.45, 2.75) is 5.03 Å². The number of hydrogen-bond acceptors (Lipinski definition) is 6. The third-order valence-corrected chi connectivity index (χ3v) is 4.97. The minimum absolute atomic E-state index is 0.132. The maximum Gasteiger partial charge on any atom is 0.234 e. The number of methoxy groups -OCH3 is 2. The Kier molecular flexibility index (Phi) is 6.73. The van der Waals surface area contributed by atoms with Crippen LogP contribution in [0.15, 0.2) is 59.6 Å². The Morgan fingerprint density at radius 2 is 1.82 bits per heavy atom. The predicted octanol–water partition coefficient (Wildman–Crippen LogP) is 4.55. The summed E-state index contributed by atoms with van der Waals surface area (Å²) >= 11 is 7.14. The van der Waals surface area contributed by atoms with E-state index in [4.69, 9.17) is 21.1 Å². The number of hydrogen-bond donors (Lipinski definition) is 1.